The van der Waals surface area contributed by atoms with Gasteiger partial charge in [0.2, 0.25) is 17.7 Å². The summed E-state index contributed by atoms with van der Waals surface area (Å²) in [6, 6.07) is 7.85. The number of hydrogen-bond acceptors (Lipinski definition) is 6. The SMILES string of the molecule is CCCCC(C(=O)NCCCc1ccccc1)N1CC2N(C(=O)O)O[C@H](CC(C)C)C(=O)N2[C@@H](CCC(N)=O)C1=O. The molecule has 0 aliphatic carbocycles. The zero-order chi connectivity index (χ0) is 30.1. The van der Waals surface area contributed by atoms with Crippen LogP contribution in [0.2, 0.25) is 0 Å². The molecule has 4 N–H and O–H groups in total. The number of carboxylic acid groups (broad SMARTS) is 1. The number of amides is 5. The molecule has 0 aromatic heterocycles. The van der Waals surface area contributed by atoms with Gasteiger partial charge in [-0.25, -0.2) is 4.79 Å². The maximum absolute atomic E-state index is 14.0. The van der Waals surface area contributed by atoms with Gasteiger partial charge in [-0.15, -0.1) is 0 Å². The lowest BCUT2D eigenvalue weighted by molar-refractivity contribution is -0.268. The number of piperazine rings is 1. The highest BCUT2D eigenvalue weighted by atomic mass is 16.7. The molecule has 41 heavy (non-hydrogen) atoms. The average molecular weight is 574 g/mol. The Kier molecular flexibility index (Phi) is 11.5. The van der Waals surface area contributed by atoms with Crippen molar-refractivity contribution < 1.29 is 33.9 Å². The highest BCUT2D eigenvalue weighted by Gasteiger charge is 2.54. The van der Waals surface area contributed by atoms with Crippen LogP contribution in [0.25, 0.3) is 0 Å². The van der Waals surface area contributed by atoms with Crippen molar-refractivity contribution in [3.63, 3.8) is 0 Å². The molecule has 12 nitrogen and oxygen atoms in total. The zero-order valence-electron chi connectivity index (χ0n) is 24.2. The summed E-state index contributed by atoms with van der Waals surface area (Å²) in [5.41, 5.74) is 6.54. The predicted molar refractivity (Wildman–Crippen MR) is 150 cm³/mol. The van der Waals surface area contributed by atoms with Crippen LogP contribution in [0.3, 0.4) is 0 Å². The normalized spacial score (nSPS) is 21.6. The largest absolute Gasteiger partial charge is 0.463 e. The van der Waals surface area contributed by atoms with E-state index in [1.807, 2.05) is 51.1 Å². The zero-order valence-corrected chi connectivity index (χ0v) is 24.2. The molecular weight excluding hydrogens is 530 g/mol. The van der Waals surface area contributed by atoms with Gasteiger partial charge in [-0.2, -0.15) is 5.06 Å². The van der Waals surface area contributed by atoms with Crippen LogP contribution in [0.5, 0.6) is 0 Å². The van der Waals surface area contributed by atoms with Gasteiger partial charge in [0.1, 0.15) is 12.1 Å². The monoisotopic (exact) mass is 573 g/mol. The third kappa shape index (κ3) is 8.18. The third-order valence-electron chi connectivity index (χ3n) is 7.46. The lowest BCUT2D eigenvalue weighted by atomic mass is 9.96. The van der Waals surface area contributed by atoms with Crippen molar-refractivity contribution >= 4 is 29.7 Å². The molecule has 0 spiro atoms. The number of benzene rings is 1. The minimum Gasteiger partial charge on any atom is -0.463 e. The molecule has 3 rings (SSSR count). The Balaban J connectivity index is 1.86. The Bertz CT molecular complexity index is 1080. The number of unbranched alkanes of at least 4 members (excludes halogenated alkanes) is 1. The molecule has 1 aromatic rings. The van der Waals surface area contributed by atoms with Gasteiger partial charge in [0.05, 0.1) is 6.54 Å². The highest BCUT2D eigenvalue weighted by molar-refractivity contribution is 5.95. The average Bonchev–Trinajstić information content (AvgIpc) is 2.92. The van der Waals surface area contributed by atoms with Gasteiger partial charge in [0.15, 0.2) is 12.3 Å². The number of hydroxylamine groups is 2. The molecule has 2 unspecified atom stereocenters. The van der Waals surface area contributed by atoms with Gasteiger partial charge < -0.3 is 26.0 Å². The Hall–Kier alpha value is -3.67. The first kappa shape index (κ1) is 31.9. The summed E-state index contributed by atoms with van der Waals surface area (Å²) < 4.78 is 0. The molecule has 2 aliphatic heterocycles. The minimum atomic E-state index is -1.42. The number of primary amides is 1. The summed E-state index contributed by atoms with van der Waals surface area (Å²) in [4.78, 5) is 73.2. The van der Waals surface area contributed by atoms with Crippen molar-refractivity contribution in [2.45, 2.75) is 96.5 Å². The number of nitrogens with zero attached hydrogens (tertiary/aromatic N) is 3. The molecule has 12 heteroatoms. The topological polar surface area (TPSA) is 163 Å². The quantitative estimate of drug-likeness (QED) is 0.288. The number of hydrogen-bond donors (Lipinski definition) is 3. The Morgan fingerprint density at radius 2 is 1.83 bits per heavy atom. The van der Waals surface area contributed by atoms with Crippen LogP contribution in [0.1, 0.15) is 71.3 Å². The second kappa shape index (κ2) is 14.8. The van der Waals surface area contributed by atoms with Crippen molar-refractivity contribution in [3.8, 4) is 0 Å². The first-order valence-corrected chi connectivity index (χ1v) is 14.5. The second-order valence-corrected chi connectivity index (χ2v) is 11.1. The van der Waals surface area contributed by atoms with Crippen LogP contribution in [-0.2, 0) is 30.4 Å². The van der Waals surface area contributed by atoms with Crippen LogP contribution < -0.4 is 11.1 Å². The van der Waals surface area contributed by atoms with Gasteiger partial charge >= 0.3 is 6.09 Å². The van der Waals surface area contributed by atoms with Crippen LogP contribution in [0.15, 0.2) is 30.3 Å². The Morgan fingerprint density at radius 3 is 2.44 bits per heavy atom. The van der Waals surface area contributed by atoms with Gasteiger partial charge in [-0.1, -0.05) is 63.9 Å². The summed E-state index contributed by atoms with van der Waals surface area (Å²) in [5.74, 6) is -2.00. The number of aryl methyl sites for hydroxylation is 1. The van der Waals surface area contributed by atoms with E-state index in [-0.39, 0.29) is 37.6 Å². The molecule has 5 amide bonds. The molecule has 0 bridgehead atoms. The summed E-state index contributed by atoms with van der Waals surface area (Å²) in [6.07, 6.45) is -0.440. The van der Waals surface area contributed by atoms with Gasteiger partial charge in [-0.3, -0.25) is 24.0 Å². The lowest BCUT2D eigenvalue weighted by Crippen LogP contribution is -2.75. The summed E-state index contributed by atoms with van der Waals surface area (Å²) >= 11 is 0. The summed E-state index contributed by atoms with van der Waals surface area (Å²) in [7, 11) is 0. The fourth-order valence-electron chi connectivity index (χ4n) is 5.44. The van der Waals surface area contributed by atoms with Crippen molar-refractivity contribution in [2.75, 3.05) is 13.1 Å². The number of nitrogens with two attached hydrogens (primary N) is 1. The smallest absolute Gasteiger partial charge is 0.433 e. The van der Waals surface area contributed by atoms with E-state index in [1.165, 1.54) is 9.80 Å². The molecule has 4 atom stereocenters. The molecule has 226 valence electrons. The molecule has 2 saturated heterocycles. The highest BCUT2D eigenvalue weighted by Crippen LogP contribution is 2.32. The van der Waals surface area contributed by atoms with E-state index in [4.69, 9.17) is 10.6 Å². The first-order valence-electron chi connectivity index (χ1n) is 14.5. The van der Waals surface area contributed by atoms with Gasteiger partial charge in [0.25, 0.3) is 5.91 Å². The Labute approximate surface area is 241 Å². The molecular formula is C29H43N5O7. The maximum Gasteiger partial charge on any atom is 0.433 e. The van der Waals surface area contributed by atoms with Crippen molar-refractivity contribution in [1.82, 2.24) is 20.2 Å². The maximum atomic E-state index is 14.0. The van der Waals surface area contributed by atoms with Crippen LogP contribution in [0, 0.1) is 5.92 Å². The van der Waals surface area contributed by atoms with E-state index in [9.17, 15) is 29.1 Å². The third-order valence-corrected chi connectivity index (χ3v) is 7.46. The standard InChI is InChI=1S/C29H43N5O7/c1-4-5-13-21(26(36)31-16-9-12-20-10-7-6-8-11-20)32-18-25-33(22(27(32)37)14-15-24(30)35)28(38)23(17-19(2)3)41-34(25)29(39)40/h6-8,10-11,19,21-23,25H,4-5,9,12-18H2,1-3H3,(H2,30,35)(H,31,36)(H,39,40)/t21?,22-,23+,25?/m0/s1. The number of nitrogens with one attached hydrogen (secondary N) is 1. The van der Waals surface area contributed by atoms with Crippen molar-refractivity contribution in [3.05, 3.63) is 35.9 Å². The van der Waals surface area contributed by atoms with E-state index in [0.717, 1.165) is 18.4 Å². The first-order chi connectivity index (χ1) is 19.5. The van der Waals surface area contributed by atoms with E-state index < -0.39 is 48.2 Å². The van der Waals surface area contributed by atoms with Crippen LogP contribution in [0.4, 0.5) is 4.79 Å². The lowest BCUT2D eigenvalue weighted by Gasteiger charge is -2.53. The fourth-order valence-corrected chi connectivity index (χ4v) is 5.44. The molecule has 2 fully saturated rings. The fraction of sp³-hybridized carbons (Fsp3) is 0.621. The number of carbonyl (C=O) groups is 5. The summed E-state index contributed by atoms with van der Waals surface area (Å²) in [6.45, 7) is 5.89. The van der Waals surface area contributed by atoms with Crippen LogP contribution in [-0.4, -0.2) is 87.1 Å². The van der Waals surface area contributed by atoms with E-state index in [0.29, 0.717) is 30.9 Å². The molecule has 2 heterocycles. The number of rotatable bonds is 14. The summed E-state index contributed by atoms with van der Waals surface area (Å²) in [5, 5.41) is 13.7. The van der Waals surface area contributed by atoms with Crippen molar-refractivity contribution in [2.24, 2.45) is 11.7 Å². The molecule has 1 aromatic carbocycles. The van der Waals surface area contributed by atoms with Gasteiger partial charge in [-0.05, 0) is 43.6 Å². The van der Waals surface area contributed by atoms with Crippen LogP contribution >= 0.6 is 0 Å². The molecule has 0 radical (unpaired) electrons. The molecule has 2 aliphatic rings. The second-order valence-electron chi connectivity index (χ2n) is 11.1. The molecule has 0 saturated carbocycles. The van der Waals surface area contributed by atoms with E-state index in [2.05, 4.69) is 5.32 Å². The Morgan fingerprint density at radius 1 is 1.12 bits per heavy atom. The minimum absolute atomic E-state index is 0.0150. The van der Waals surface area contributed by atoms with Gasteiger partial charge in [0, 0.05) is 13.0 Å². The number of carbonyl (C=O) groups excluding carboxylic acids is 4. The van der Waals surface area contributed by atoms with E-state index >= 15 is 0 Å². The van der Waals surface area contributed by atoms with Crippen molar-refractivity contribution in [1.29, 1.82) is 0 Å². The predicted octanol–water partition coefficient (Wildman–Crippen LogP) is 2.27. The van der Waals surface area contributed by atoms with E-state index in [1.54, 1.807) is 0 Å². The number of fused-ring (bicyclic) bond motifs is 1.